The molecule has 2 aromatic carbocycles. The zero-order chi connectivity index (χ0) is 24.7. The summed E-state index contributed by atoms with van der Waals surface area (Å²) in [5.74, 6) is 0.911. The number of benzene rings is 2. The molecule has 8 nitrogen and oxygen atoms in total. The molecule has 2 aromatic heterocycles. The lowest BCUT2D eigenvalue weighted by atomic mass is 10.1. The highest BCUT2D eigenvalue weighted by Crippen LogP contribution is 2.29. The van der Waals surface area contributed by atoms with E-state index in [4.69, 9.17) is 10.7 Å². The summed E-state index contributed by atoms with van der Waals surface area (Å²) in [5.41, 5.74) is 8.83. The molecule has 8 heteroatoms. The summed E-state index contributed by atoms with van der Waals surface area (Å²) < 4.78 is 4.21. The van der Waals surface area contributed by atoms with Crippen LogP contribution >= 0.6 is 0 Å². The average molecular weight is 474 g/mol. The number of carbonyl (C=O) groups excluding carboxylic acids is 2. The van der Waals surface area contributed by atoms with Crippen molar-refractivity contribution < 1.29 is 14.7 Å². The van der Waals surface area contributed by atoms with Gasteiger partial charge in [-0.2, -0.15) is 0 Å². The van der Waals surface area contributed by atoms with E-state index in [1.807, 2.05) is 41.1 Å². The first-order valence-corrected chi connectivity index (χ1v) is 12.1. The van der Waals surface area contributed by atoms with Crippen molar-refractivity contribution in [1.82, 2.24) is 19.0 Å². The Morgan fingerprint density at radius 2 is 1.91 bits per heavy atom. The normalized spacial score (nSPS) is 18.2. The number of imidazole rings is 1. The highest BCUT2D eigenvalue weighted by atomic mass is 16.3. The van der Waals surface area contributed by atoms with Crippen molar-refractivity contribution in [1.29, 1.82) is 0 Å². The van der Waals surface area contributed by atoms with E-state index in [9.17, 15) is 14.7 Å². The summed E-state index contributed by atoms with van der Waals surface area (Å²) in [4.78, 5) is 31.1. The number of aryl methyl sites for hydroxylation is 1. The number of nitrogens with zero attached hydrogens (tertiary/aromatic N) is 4. The molecule has 2 amide bonds. The maximum Gasteiger partial charge on any atom is 0.248 e. The Kier molecular flexibility index (Phi) is 6.06. The molecule has 5 rings (SSSR count). The number of aliphatic hydroxyl groups is 1. The van der Waals surface area contributed by atoms with Gasteiger partial charge in [0.1, 0.15) is 5.82 Å². The summed E-state index contributed by atoms with van der Waals surface area (Å²) in [6.07, 6.45) is 2.36. The van der Waals surface area contributed by atoms with Gasteiger partial charge >= 0.3 is 0 Å². The number of hydrogen-bond acceptors (Lipinski definition) is 4. The molecule has 0 saturated carbocycles. The highest BCUT2D eigenvalue weighted by molar-refractivity contribution is 5.97. The third kappa shape index (κ3) is 4.30. The number of β-amino-alcohol motifs (C(OH)–C–C–N with tert-alkyl or cyclic N) is 1. The van der Waals surface area contributed by atoms with Gasteiger partial charge in [-0.3, -0.25) is 9.59 Å². The second-order valence-electron chi connectivity index (χ2n) is 9.66. The predicted octanol–water partition coefficient (Wildman–Crippen LogP) is 3.44. The Hall–Kier alpha value is -3.65. The van der Waals surface area contributed by atoms with Crippen molar-refractivity contribution in [2.75, 3.05) is 13.1 Å². The molecule has 4 aromatic rings. The molecule has 35 heavy (non-hydrogen) atoms. The van der Waals surface area contributed by atoms with E-state index in [1.54, 1.807) is 17.0 Å². The zero-order valence-electron chi connectivity index (χ0n) is 20.1. The number of carbonyl (C=O) groups is 2. The molecule has 1 fully saturated rings. The minimum atomic E-state index is -0.657. The van der Waals surface area contributed by atoms with Gasteiger partial charge < -0.3 is 24.9 Å². The summed E-state index contributed by atoms with van der Waals surface area (Å²) in [7, 11) is 0. The first-order valence-electron chi connectivity index (χ1n) is 12.1. The lowest BCUT2D eigenvalue weighted by molar-refractivity contribution is -0.130. The predicted molar refractivity (Wildman–Crippen MR) is 135 cm³/mol. The molecule has 0 spiro atoms. The second kappa shape index (κ2) is 9.19. The molecule has 1 aliphatic heterocycles. The molecule has 1 aliphatic rings. The van der Waals surface area contributed by atoms with Crippen molar-refractivity contribution in [3.63, 3.8) is 0 Å². The van der Waals surface area contributed by atoms with Crippen molar-refractivity contribution in [3.05, 3.63) is 66.1 Å². The monoisotopic (exact) mass is 473 g/mol. The number of rotatable bonds is 7. The first-order chi connectivity index (χ1) is 16.8. The van der Waals surface area contributed by atoms with Gasteiger partial charge in [0.15, 0.2) is 0 Å². The largest absolute Gasteiger partial charge is 0.389 e. The van der Waals surface area contributed by atoms with Crippen LogP contribution in [0.15, 0.2) is 54.7 Å². The van der Waals surface area contributed by atoms with Crippen molar-refractivity contribution in [2.24, 2.45) is 5.73 Å². The molecule has 3 heterocycles. The van der Waals surface area contributed by atoms with E-state index in [-0.39, 0.29) is 11.9 Å². The smallest absolute Gasteiger partial charge is 0.248 e. The van der Waals surface area contributed by atoms with Crippen molar-refractivity contribution >= 4 is 33.8 Å². The lowest BCUT2D eigenvalue weighted by Gasteiger charge is -2.18. The Morgan fingerprint density at radius 3 is 2.69 bits per heavy atom. The van der Waals surface area contributed by atoms with Gasteiger partial charge in [-0.05, 0) is 42.8 Å². The number of para-hydroxylation sites is 2. The number of nitrogens with two attached hydrogens (primary N) is 1. The van der Waals surface area contributed by atoms with Crippen molar-refractivity contribution in [2.45, 2.75) is 51.3 Å². The molecular weight excluding hydrogens is 442 g/mol. The van der Waals surface area contributed by atoms with E-state index in [0.29, 0.717) is 37.4 Å². The lowest BCUT2D eigenvalue weighted by Crippen LogP contribution is -2.29. The van der Waals surface area contributed by atoms with Crippen LogP contribution in [-0.2, 0) is 11.3 Å². The first kappa shape index (κ1) is 23.1. The Morgan fingerprint density at radius 1 is 1.11 bits per heavy atom. The summed E-state index contributed by atoms with van der Waals surface area (Å²) in [5, 5.41) is 11.7. The maximum absolute atomic E-state index is 13.0. The van der Waals surface area contributed by atoms with Crippen LogP contribution in [-0.4, -0.2) is 55.1 Å². The number of aromatic nitrogens is 3. The molecule has 182 valence electrons. The van der Waals surface area contributed by atoms with E-state index >= 15 is 0 Å². The highest BCUT2D eigenvalue weighted by Gasteiger charge is 2.35. The number of likely N-dealkylation sites (tertiary alicyclic amines) is 1. The van der Waals surface area contributed by atoms with Gasteiger partial charge in [-0.1, -0.05) is 26.0 Å². The number of amides is 2. The summed E-state index contributed by atoms with van der Waals surface area (Å²) >= 11 is 0. The van der Waals surface area contributed by atoms with Crippen LogP contribution in [0.4, 0.5) is 0 Å². The number of aliphatic hydroxyl groups excluding tert-OH is 1. The van der Waals surface area contributed by atoms with Gasteiger partial charge in [-0.15, -0.1) is 0 Å². The maximum atomic E-state index is 13.0. The summed E-state index contributed by atoms with van der Waals surface area (Å²) in [6.45, 7) is 5.76. The van der Waals surface area contributed by atoms with E-state index in [1.165, 1.54) is 0 Å². The van der Waals surface area contributed by atoms with Gasteiger partial charge in [0.2, 0.25) is 11.8 Å². The topological polar surface area (TPSA) is 106 Å². The fourth-order valence-corrected chi connectivity index (χ4v) is 5.17. The van der Waals surface area contributed by atoms with Crippen LogP contribution in [0.3, 0.4) is 0 Å². The summed E-state index contributed by atoms with van der Waals surface area (Å²) in [6, 6.07) is 15.1. The number of fused-ring (bicyclic) bond motifs is 2. The second-order valence-corrected chi connectivity index (χ2v) is 9.66. The SMILES string of the molecule is CC(C)c1nc2ccccc2n1CCCC(=O)N1C[C@@H](O)[C@H](n2ccc3cc(C(N)=O)ccc32)C1. The number of primary amides is 1. The quantitative estimate of drug-likeness (QED) is 0.429. The molecule has 0 aliphatic carbocycles. The van der Waals surface area contributed by atoms with E-state index in [0.717, 1.165) is 34.3 Å². The molecule has 0 unspecified atom stereocenters. The Bertz CT molecular complexity index is 1400. The third-order valence-electron chi connectivity index (χ3n) is 6.95. The van der Waals surface area contributed by atoms with Crippen LogP contribution in [0.2, 0.25) is 0 Å². The van der Waals surface area contributed by atoms with Gasteiger partial charge in [-0.25, -0.2) is 4.98 Å². The minimum Gasteiger partial charge on any atom is -0.389 e. The van der Waals surface area contributed by atoms with Gasteiger partial charge in [0.05, 0.1) is 23.2 Å². The minimum absolute atomic E-state index is 0.0505. The Labute approximate surface area is 204 Å². The Balaban J connectivity index is 1.25. The third-order valence-corrected chi connectivity index (χ3v) is 6.95. The van der Waals surface area contributed by atoms with E-state index in [2.05, 4.69) is 24.5 Å². The van der Waals surface area contributed by atoms with Crippen LogP contribution < -0.4 is 5.73 Å². The average Bonchev–Trinajstić information content (AvgIpc) is 3.53. The molecule has 3 N–H and O–H groups in total. The van der Waals surface area contributed by atoms with Crippen LogP contribution in [0, 0.1) is 0 Å². The van der Waals surface area contributed by atoms with Gasteiger partial charge in [0.25, 0.3) is 0 Å². The molecule has 1 saturated heterocycles. The van der Waals surface area contributed by atoms with Crippen LogP contribution in [0.1, 0.15) is 54.8 Å². The van der Waals surface area contributed by atoms with E-state index < -0.39 is 12.0 Å². The van der Waals surface area contributed by atoms with Crippen molar-refractivity contribution in [3.8, 4) is 0 Å². The fraction of sp³-hybridized carbons (Fsp3) is 0.370. The molecule has 0 bridgehead atoms. The fourth-order valence-electron chi connectivity index (χ4n) is 5.17. The van der Waals surface area contributed by atoms with Crippen LogP contribution in [0.5, 0.6) is 0 Å². The number of hydrogen-bond donors (Lipinski definition) is 2. The van der Waals surface area contributed by atoms with Crippen LogP contribution in [0.25, 0.3) is 21.9 Å². The van der Waals surface area contributed by atoms with Gasteiger partial charge in [0, 0.05) is 54.6 Å². The molecule has 2 atom stereocenters. The standard InChI is InChI=1S/C27H31N5O3/c1-17(2)27-29-20-6-3-4-7-22(20)32(27)12-5-8-25(34)30-15-23(24(33)16-30)31-13-11-18-14-19(26(28)35)9-10-21(18)31/h3-4,6-7,9-11,13-14,17,23-24,33H,5,8,12,15-16H2,1-2H3,(H2,28,35)/t23-,24-/m1/s1. The molecule has 0 radical (unpaired) electrons. The zero-order valence-corrected chi connectivity index (χ0v) is 20.1. The molecular formula is C27H31N5O3.